The van der Waals surface area contributed by atoms with E-state index in [-0.39, 0.29) is 11.6 Å². The van der Waals surface area contributed by atoms with Gasteiger partial charge in [0.1, 0.15) is 5.82 Å². The molecule has 5 heteroatoms. The van der Waals surface area contributed by atoms with Crippen LogP contribution in [0.2, 0.25) is 0 Å². The molecule has 3 nitrogen and oxygen atoms in total. The molecule has 0 aliphatic carbocycles. The van der Waals surface area contributed by atoms with E-state index < -0.39 is 21.5 Å². The first-order chi connectivity index (χ1) is 10.3. The molecule has 0 fully saturated rings. The summed E-state index contributed by atoms with van der Waals surface area (Å²) in [6, 6.07) is 14.6. The summed E-state index contributed by atoms with van der Waals surface area (Å²) in [4.78, 5) is 0. The maximum Gasteiger partial charge on any atom is 0.146 e. The standard InChI is InChI=1S/C17H21FN2OS/c1-17(2,22(20)21)11-14(12-6-4-3-5-7-12)13-8-9-15(18)16(19)10-13/h3-10,14H,11,19-20H2,1-2H3/t14-,22?/m1/s1. The van der Waals surface area contributed by atoms with Crippen LogP contribution in [0.4, 0.5) is 10.1 Å². The van der Waals surface area contributed by atoms with Crippen molar-refractivity contribution in [3.63, 3.8) is 0 Å². The minimum absolute atomic E-state index is 0.0494. The Kier molecular flexibility index (Phi) is 4.98. The minimum atomic E-state index is -1.46. The highest BCUT2D eigenvalue weighted by atomic mass is 32.2. The summed E-state index contributed by atoms with van der Waals surface area (Å²) in [5, 5.41) is 5.62. The van der Waals surface area contributed by atoms with Gasteiger partial charge in [-0.25, -0.2) is 8.60 Å². The molecule has 0 saturated heterocycles. The van der Waals surface area contributed by atoms with Gasteiger partial charge in [0.2, 0.25) is 0 Å². The Balaban J connectivity index is 2.46. The quantitative estimate of drug-likeness (QED) is 0.830. The van der Waals surface area contributed by atoms with Crippen LogP contribution in [0.25, 0.3) is 0 Å². The molecule has 2 atom stereocenters. The van der Waals surface area contributed by atoms with Crippen molar-refractivity contribution in [3.8, 4) is 0 Å². The van der Waals surface area contributed by atoms with E-state index in [2.05, 4.69) is 0 Å². The molecule has 0 spiro atoms. The first-order valence-corrected chi connectivity index (χ1v) is 8.29. The lowest BCUT2D eigenvalue weighted by molar-refractivity contribution is 0.555. The highest BCUT2D eigenvalue weighted by Gasteiger charge is 2.29. The topological polar surface area (TPSA) is 69.1 Å². The van der Waals surface area contributed by atoms with Gasteiger partial charge in [0, 0.05) is 5.92 Å². The number of nitrogen functional groups attached to an aromatic ring is 1. The van der Waals surface area contributed by atoms with Crippen LogP contribution in [0.3, 0.4) is 0 Å². The van der Waals surface area contributed by atoms with Crippen LogP contribution in [0.15, 0.2) is 48.5 Å². The average Bonchev–Trinajstić information content (AvgIpc) is 2.48. The Hall–Kier alpha value is -1.72. The molecule has 0 saturated carbocycles. The van der Waals surface area contributed by atoms with Gasteiger partial charge in [-0.15, -0.1) is 0 Å². The van der Waals surface area contributed by atoms with Crippen LogP contribution in [-0.2, 0) is 11.0 Å². The third kappa shape index (κ3) is 3.72. The molecule has 0 amide bonds. The molecular formula is C17H21FN2OS. The minimum Gasteiger partial charge on any atom is -0.396 e. The second-order valence-corrected chi connectivity index (χ2v) is 7.71. The van der Waals surface area contributed by atoms with Gasteiger partial charge in [-0.1, -0.05) is 36.4 Å². The average molecular weight is 320 g/mol. The molecule has 0 aromatic heterocycles. The van der Waals surface area contributed by atoms with Crippen molar-refractivity contribution in [1.82, 2.24) is 0 Å². The Labute approximate surface area is 133 Å². The zero-order valence-corrected chi connectivity index (χ0v) is 13.6. The molecule has 2 rings (SSSR count). The van der Waals surface area contributed by atoms with Gasteiger partial charge in [-0.3, -0.25) is 5.14 Å². The van der Waals surface area contributed by atoms with Gasteiger partial charge in [0.05, 0.1) is 21.4 Å². The van der Waals surface area contributed by atoms with Crippen LogP contribution in [0.1, 0.15) is 37.3 Å². The van der Waals surface area contributed by atoms with E-state index in [1.54, 1.807) is 12.1 Å². The molecule has 0 aliphatic heterocycles. The molecule has 0 aliphatic rings. The predicted octanol–water partition coefficient (Wildman–Crippen LogP) is 3.33. The van der Waals surface area contributed by atoms with Crippen LogP contribution in [0, 0.1) is 5.82 Å². The molecule has 1 unspecified atom stereocenters. The third-order valence-corrected chi connectivity index (χ3v) is 5.12. The number of hydrogen-bond donors (Lipinski definition) is 2. The van der Waals surface area contributed by atoms with Crippen LogP contribution in [-0.4, -0.2) is 8.96 Å². The Morgan fingerprint density at radius 1 is 1.14 bits per heavy atom. The lowest BCUT2D eigenvalue weighted by Crippen LogP contribution is -2.34. The van der Waals surface area contributed by atoms with Crippen molar-refractivity contribution in [2.24, 2.45) is 5.14 Å². The van der Waals surface area contributed by atoms with Crippen molar-refractivity contribution in [1.29, 1.82) is 0 Å². The molecule has 4 N–H and O–H groups in total. The first kappa shape index (κ1) is 16.6. The fraction of sp³-hybridized carbons (Fsp3) is 0.294. The number of nitrogens with two attached hydrogens (primary N) is 2. The van der Waals surface area contributed by atoms with Crippen molar-refractivity contribution in [2.45, 2.75) is 30.9 Å². The fourth-order valence-electron chi connectivity index (χ4n) is 2.47. The largest absolute Gasteiger partial charge is 0.396 e. The molecule has 22 heavy (non-hydrogen) atoms. The number of benzene rings is 2. The van der Waals surface area contributed by atoms with Crippen molar-refractivity contribution < 1.29 is 8.60 Å². The lowest BCUT2D eigenvalue weighted by Gasteiger charge is -2.28. The van der Waals surface area contributed by atoms with Gasteiger partial charge >= 0.3 is 0 Å². The van der Waals surface area contributed by atoms with Crippen LogP contribution >= 0.6 is 0 Å². The van der Waals surface area contributed by atoms with Gasteiger partial charge < -0.3 is 5.73 Å². The summed E-state index contributed by atoms with van der Waals surface area (Å²) in [6.45, 7) is 3.73. The first-order valence-electron chi connectivity index (χ1n) is 7.07. The number of halogens is 1. The summed E-state index contributed by atoms with van der Waals surface area (Å²) in [7, 11) is -1.46. The molecular weight excluding hydrogens is 299 g/mol. The second-order valence-electron chi connectivity index (χ2n) is 6.01. The van der Waals surface area contributed by atoms with Crippen LogP contribution in [0.5, 0.6) is 0 Å². The van der Waals surface area contributed by atoms with E-state index in [1.165, 1.54) is 6.07 Å². The summed E-state index contributed by atoms with van der Waals surface area (Å²) in [5.41, 5.74) is 7.77. The van der Waals surface area contributed by atoms with Crippen LogP contribution < -0.4 is 10.9 Å². The highest BCUT2D eigenvalue weighted by Crippen LogP contribution is 2.35. The van der Waals surface area contributed by atoms with Gasteiger partial charge in [-0.05, 0) is 43.5 Å². The normalized spacial score (nSPS) is 14.5. The van der Waals surface area contributed by atoms with E-state index in [0.29, 0.717) is 6.42 Å². The van der Waals surface area contributed by atoms with Gasteiger partial charge in [-0.2, -0.15) is 0 Å². The third-order valence-electron chi connectivity index (χ3n) is 3.86. The van der Waals surface area contributed by atoms with E-state index in [9.17, 15) is 8.60 Å². The van der Waals surface area contributed by atoms with Crippen molar-refractivity contribution in [2.75, 3.05) is 5.73 Å². The van der Waals surface area contributed by atoms with E-state index in [4.69, 9.17) is 10.9 Å². The Morgan fingerprint density at radius 3 is 2.32 bits per heavy atom. The summed E-state index contributed by atoms with van der Waals surface area (Å²) in [5.74, 6) is -0.483. The molecule has 0 radical (unpaired) electrons. The second kappa shape index (κ2) is 6.58. The van der Waals surface area contributed by atoms with Crippen molar-refractivity contribution >= 4 is 16.7 Å². The monoisotopic (exact) mass is 320 g/mol. The summed E-state index contributed by atoms with van der Waals surface area (Å²) in [6.07, 6.45) is 0.575. The Bertz CT molecular complexity index is 674. The maximum atomic E-state index is 13.4. The molecule has 2 aromatic rings. The SMILES string of the molecule is CC(C)(C[C@H](c1ccccc1)c1ccc(F)c(N)c1)S(N)=O. The van der Waals surface area contributed by atoms with Gasteiger partial charge in [0.25, 0.3) is 0 Å². The highest BCUT2D eigenvalue weighted by molar-refractivity contribution is 7.84. The fourth-order valence-corrected chi connectivity index (χ4v) is 2.80. The zero-order chi connectivity index (χ0) is 16.3. The zero-order valence-electron chi connectivity index (χ0n) is 12.8. The summed E-state index contributed by atoms with van der Waals surface area (Å²) < 4.78 is 24.7. The molecule has 2 aromatic carbocycles. The lowest BCUT2D eigenvalue weighted by atomic mass is 9.84. The predicted molar refractivity (Wildman–Crippen MR) is 90.1 cm³/mol. The number of hydrogen-bond acceptors (Lipinski definition) is 2. The summed E-state index contributed by atoms with van der Waals surface area (Å²) >= 11 is 0. The molecule has 0 heterocycles. The smallest absolute Gasteiger partial charge is 0.146 e. The Morgan fingerprint density at radius 2 is 1.77 bits per heavy atom. The maximum absolute atomic E-state index is 13.4. The van der Waals surface area contributed by atoms with E-state index in [1.807, 2.05) is 44.2 Å². The number of anilines is 1. The van der Waals surface area contributed by atoms with E-state index in [0.717, 1.165) is 11.1 Å². The molecule has 118 valence electrons. The number of rotatable bonds is 5. The van der Waals surface area contributed by atoms with E-state index >= 15 is 0 Å². The molecule has 0 bridgehead atoms. The van der Waals surface area contributed by atoms with Gasteiger partial charge in [0.15, 0.2) is 0 Å². The van der Waals surface area contributed by atoms with Crippen molar-refractivity contribution in [3.05, 3.63) is 65.5 Å².